The Kier molecular flexibility index (Phi) is 5.48. The third kappa shape index (κ3) is 3.96. The van der Waals surface area contributed by atoms with Crippen molar-refractivity contribution >= 4 is 34.5 Å². The van der Waals surface area contributed by atoms with Gasteiger partial charge in [0.05, 0.1) is 29.7 Å². The zero-order chi connectivity index (χ0) is 23.7. The molecular weight excluding hydrogens is 426 g/mol. The maximum absolute atomic E-state index is 13.1. The second kappa shape index (κ2) is 8.42. The topological polar surface area (TPSA) is 153 Å². The van der Waals surface area contributed by atoms with Crippen molar-refractivity contribution in [2.45, 2.75) is 0 Å². The van der Waals surface area contributed by atoms with E-state index in [1.165, 1.54) is 28.1 Å². The number of nitrogens with zero attached hydrogens (tertiary/aromatic N) is 6. The van der Waals surface area contributed by atoms with E-state index in [1.807, 2.05) is 0 Å². The van der Waals surface area contributed by atoms with Gasteiger partial charge in [0, 0.05) is 39.1 Å². The number of pyridine rings is 2. The van der Waals surface area contributed by atoms with Crippen LogP contribution in [-0.4, -0.2) is 62.0 Å². The second-order valence-corrected chi connectivity index (χ2v) is 7.28. The van der Waals surface area contributed by atoms with Crippen LogP contribution in [0.3, 0.4) is 0 Å². The molecule has 33 heavy (non-hydrogen) atoms. The molecule has 0 aliphatic heterocycles. The van der Waals surface area contributed by atoms with Crippen LogP contribution < -0.4 is 21.9 Å². The number of carbonyl (C=O) groups is 2. The van der Waals surface area contributed by atoms with Gasteiger partial charge in [0.2, 0.25) is 0 Å². The number of nitrogens with one attached hydrogen (secondary N) is 2. The van der Waals surface area contributed by atoms with Crippen molar-refractivity contribution in [1.29, 1.82) is 0 Å². The molecule has 0 saturated heterocycles. The highest BCUT2D eigenvalue weighted by Gasteiger charge is 2.15. The van der Waals surface area contributed by atoms with E-state index in [0.29, 0.717) is 17.0 Å². The van der Waals surface area contributed by atoms with Gasteiger partial charge >= 0.3 is 0 Å². The summed E-state index contributed by atoms with van der Waals surface area (Å²) in [4.78, 5) is 46.6. The predicted molar refractivity (Wildman–Crippen MR) is 122 cm³/mol. The fourth-order valence-corrected chi connectivity index (χ4v) is 3.24. The van der Waals surface area contributed by atoms with Gasteiger partial charge in [-0.05, 0) is 18.2 Å². The zero-order valence-electron chi connectivity index (χ0n) is 18.1. The number of aromatic nitrogens is 5. The minimum atomic E-state index is -0.610. The van der Waals surface area contributed by atoms with Crippen LogP contribution in [0, 0.1) is 0 Å². The second-order valence-electron chi connectivity index (χ2n) is 7.28. The van der Waals surface area contributed by atoms with Gasteiger partial charge < -0.3 is 21.3 Å². The van der Waals surface area contributed by atoms with Crippen LogP contribution >= 0.6 is 0 Å². The Morgan fingerprint density at radius 1 is 1.12 bits per heavy atom. The quantitative estimate of drug-likeness (QED) is 0.393. The van der Waals surface area contributed by atoms with E-state index in [9.17, 15) is 14.4 Å². The molecule has 4 rings (SSSR count). The molecule has 4 N–H and O–H groups in total. The van der Waals surface area contributed by atoms with Crippen molar-refractivity contribution in [3.63, 3.8) is 0 Å². The summed E-state index contributed by atoms with van der Waals surface area (Å²) in [6, 6.07) is 6.70. The van der Waals surface area contributed by atoms with Gasteiger partial charge in [0.15, 0.2) is 5.82 Å². The van der Waals surface area contributed by atoms with Crippen LogP contribution in [0.15, 0.2) is 53.8 Å². The predicted octanol–water partition coefficient (Wildman–Crippen LogP) is 0.861. The Labute approximate surface area is 187 Å². The van der Waals surface area contributed by atoms with Crippen LogP contribution in [0.5, 0.6) is 0 Å². The smallest absolute Gasteiger partial charge is 0.279 e. The van der Waals surface area contributed by atoms with Gasteiger partial charge in [0.1, 0.15) is 17.2 Å². The minimum Gasteiger partial charge on any atom is -0.373 e. The summed E-state index contributed by atoms with van der Waals surface area (Å²) in [5, 5.41) is 10.3. The molecule has 4 aromatic rings. The molecular formula is C21H21N9O3. The van der Waals surface area contributed by atoms with E-state index >= 15 is 0 Å². The highest BCUT2D eigenvalue weighted by Crippen LogP contribution is 2.24. The monoisotopic (exact) mass is 447 g/mol. The number of carbonyl (C=O) groups excluding carboxylic acids is 2. The summed E-state index contributed by atoms with van der Waals surface area (Å²) in [7, 11) is 4.94. The van der Waals surface area contributed by atoms with E-state index in [1.54, 1.807) is 56.1 Å². The molecule has 0 bridgehead atoms. The van der Waals surface area contributed by atoms with Gasteiger partial charge in [-0.15, -0.1) is 0 Å². The van der Waals surface area contributed by atoms with Crippen LogP contribution in [-0.2, 0) is 0 Å². The first-order chi connectivity index (χ1) is 15.8. The van der Waals surface area contributed by atoms with E-state index in [4.69, 9.17) is 5.73 Å². The molecule has 0 fully saturated rings. The Morgan fingerprint density at radius 3 is 2.55 bits per heavy atom. The Morgan fingerprint density at radius 2 is 1.91 bits per heavy atom. The molecule has 12 heteroatoms. The molecule has 2 amide bonds. The van der Waals surface area contributed by atoms with Crippen LogP contribution in [0.4, 0.5) is 17.2 Å². The maximum atomic E-state index is 13.1. The number of hydrogen-bond acceptors (Lipinski definition) is 8. The first-order valence-corrected chi connectivity index (χ1v) is 9.82. The highest BCUT2D eigenvalue weighted by atomic mass is 16.2. The molecule has 168 valence electrons. The number of rotatable bonds is 6. The molecule has 0 saturated carbocycles. The molecule has 4 aromatic heterocycles. The molecule has 0 atom stereocenters. The van der Waals surface area contributed by atoms with Crippen LogP contribution in [0.1, 0.15) is 20.8 Å². The number of amides is 2. The summed E-state index contributed by atoms with van der Waals surface area (Å²) in [5.41, 5.74) is 6.79. The lowest BCUT2D eigenvalue weighted by molar-refractivity contribution is 0.0821. The molecule has 4 heterocycles. The van der Waals surface area contributed by atoms with Gasteiger partial charge in [-0.1, -0.05) is 0 Å². The van der Waals surface area contributed by atoms with Gasteiger partial charge in [-0.2, -0.15) is 5.10 Å². The molecule has 0 aliphatic rings. The number of fused-ring (bicyclic) bond motifs is 1. The number of nitrogens with two attached hydrogens (primary N) is 1. The molecule has 0 spiro atoms. The number of primary amides is 1. The summed E-state index contributed by atoms with van der Waals surface area (Å²) in [5.74, 6) is -0.0494. The van der Waals surface area contributed by atoms with E-state index in [2.05, 4.69) is 25.7 Å². The van der Waals surface area contributed by atoms with Gasteiger partial charge in [-0.25, -0.2) is 14.5 Å². The standard InChI is InChI=1S/C21H21N9O3/c1-23-17-8-12(7-16-13(19(22)31)9-26-30(16)17)27-14-5-4-6-29(21(14)33)18-11-24-15(10-25-18)20(32)28(2)3/h4-11,23,27H,1-3H3,(H2,22,31). The summed E-state index contributed by atoms with van der Waals surface area (Å²) in [6.45, 7) is 0. The third-order valence-electron chi connectivity index (χ3n) is 4.88. The fraction of sp³-hybridized carbons (Fsp3) is 0.143. The molecule has 0 aliphatic carbocycles. The number of anilines is 3. The van der Waals surface area contributed by atoms with Crippen molar-refractivity contribution in [1.82, 2.24) is 29.0 Å². The third-order valence-corrected chi connectivity index (χ3v) is 4.88. The average molecular weight is 447 g/mol. The van der Waals surface area contributed by atoms with E-state index in [-0.39, 0.29) is 34.2 Å². The first kappa shape index (κ1) is 21.5. The summed E-state index contributed by atoms with van der Waals surface area (Å²) in [6.07, 6.45) is 5.62. The van der Waals surface area contributed by atoms with E-state index in [0.717, 1.165) is 0 Å². The van der Waals surface area contributed by atoms with Crippen molar-refractivity contribution in [3.05, 3.63) is 70.7 Å². The van der Waals surface area contributed by atoms with Crippen molar-refractivity contribution < 1.29 is 9.59 Å². The number of hydrogen-bond donors (Lipinski definition) is 3. The average Bonchev–Trinajstić information content (AvgIpc) is 3.24. The molecule has 0 aromatic carbocycles. The largest absolute Gasteiger partial charge is 0.373 e. The lowest BCUT2D eigenvalue weighted by Gasteiger charge is -2.12. The molecule has 0 unspecified atom stereocenters. The lowest BCUT2D eigenvalue weighted by atomic mass is 10.2. The molecule has 12 nitrogen and oxygen atoms in total. The van der Waals surface area contributed by atoms with Crippen molar-refractivity contribution in [2.24, 2.45) is 5.73 Å². The van der Waals surface area contributed by atoms with Gasteiger partial charge in [-0.3, -0.25) is 19.0 Å². The zero-order valence-corrected chi connectivity index (χ0v) is 18.1. The van der Waals surface area contributed by atoms with Crippen LogP contribution in [0.25, 0.3) is 11.3 Å². The normalized spacial score (nSPS) is 10.8. The Hall–Kier alpha value is -4.74. The van der Waals surface area contributed by atoms with Gasteiger partial charge in [0.25, 0.3) is 17.4 Å². The SMILES string of the molecule is CNc1cc(Nc2cccn(-c3cnc(C(=O)N(C)C)cn3)c2=O)cc2c(C(N)=O)cnn12. The van der Waals surface area contributed by atoms with Crippen molar-refractivity contribution in [2.75, 3.05) is 31.8 Å². The summed E-state index contributed by atoms with van der Waals surface area (Å²) < 4.78 is 2.85. The minimum absolute atomic E-state index is 0.171. The Balaban J connectivity index is 1.71. The lowest BCUT2D eigenvalue weighted by Crippen LogP contribution is -2.24. The first-order valence-electron chi connectivity index (χ1n) is 9.82. The highest BCUT2D eigenvalue weighted by molar-refractivity contribution is 6.00. The fourth-order valence-electron chi connectivity index (χ4n) is 3.24. The summed E-state index contributed by atoms with van der Waals surface area (Å²) >= 11 is 0. The molecule has 0 radical (unpaired) electrons. The van der Waals surface area contributed by atoms with Crippen LogP contribution in [0.2, 0.25) is 0 Å². The van der Waals surface area contributed by atoms with Crippen molar-refractivity contribution in [3.8, 4) is 5.82 Å². The maximum Gasteiger partial charge on any atom is 0.279 e. The van der Waals surface area contributed by atoms with E-state index < -0.39 is 5.91 Å². The Bertz CT molecular complexity index is 1420.